The lowest BCUT2D eigenvalue weighted by atomic mass is 9.78. The van der Waals surface area contributed by atoms with Crippen molar-refractivity contribution in [3.8, 4) is 22.4 Å². The van der Waals surface area contributed by atoms with Crippen LogP contribution in [0.4, 0.5) is 17.2 Å². The Kier molecular flexibility index (Phi) is 4.95. The van der Waals surface area contributed by atoms with Gasteiger partial charge in [-0.05, 0) is 64.2 Å². The van der Waals surface area contributed by atoms with Gasteiger partial charge in [-0.15, -0.1) is 0 Å². The lowest BCUT2D eigenvalue weighted by Crippen LogP contribution is -2.19. The largest absolute Gasteiger partial charge is 0.294 e. The molecule has 218 valence electrons. The quantitative estimate of drug-likeness (QED) is 0.204. The van der Waals surface area contributed by atoms with E-state index in [0.29, 0.717) is 22.6 Å². The van der Waals surface area contributed by atoms with E-state index in [1.54, 1.807) is 0 Å². The number of allylic oxidation sites excluding steroid dienone is 1. The molecule has 9 rings (SSSR count). The standard InChI is InChI=1S/C42H30N4/c1-42(2)33-26-44-35(28-15-7-4-8-16-28)24-32(33)40-30-17-9-11-19-37(30)46(38-20-12-10-18-31(38)41(40)42)39-22-21-34-36(45-39)23-29(25-43-34)27-13-5-3-6-14-27/h3-26H,1-2H3/i10D,12D,18D,20D. The molecule has 0 bridgehead atoms. The summed E-state index contributed by atoms with van der Waals surface area (Å²) in [5.74, 6) is 0.530. The highest BCUT2D eigenvalue weighted by Crippen LogP contribution is 2.59. The molecule has 4 nitrogen and oxygen atoms in total. The molecule has 46 heavy (non-hydrogen) atoms. The first-order chi connectivity index (χ1) is 24.2. The minimum atomic E-state index is -0.645. The third-order valence-corrected chi connectivity index (χ3v) is 9.21. The molecule has 0 saturated heterocycles. The summed E-state index contributed by atoms with van der Waals surface area (Å²) in [6.07, 6.45) is 3.78. The molecule has 0 saturated carbocycles. The number of benzene rings is 4. The Hall–Kier alpha value is -5.87. The van der Waals surface area contributed by atoms with E-state index < -0.39 is 5.41 Å². The Bertz CT molecular complexity index is 2560. The van der Waals surface area contributed by atoms with Gasteiger partial charge in [0.25, 0.3) is 0 Å². The Morgan fingerprint density at radius 2 is 1.35 bits per heavy atom. The van der Waals surface area contributed by atoms with Crippen LogP contribution < -0.4 is 4.90 Å². The molecule has 7 aromatic rings. The number of anilines is 3. The second kappa shape index (κ2) is 10.1. The van der Waals surface area contributed by atoms with Crippen molar-refractivity contribution >= 4 is 39.4 Å². The van der Waals surface area contributed by atoms with Crippen molar-refractivity contribution in [2.45, 2.75) is 19.3 Å². The molecular weight excluding hydrogens is 560 g/mol. The highest BCUT2D eigenvalue weighted by Gasteiger charge is 2.43. The van der Waals surface area contributed by atoms with Gasteiger partial charge in [0.1, 0.15) is 5.82 Å². The zero-order valence-corrected chi connectivity index (χ0v) is 25.3. The highest BCUT2D eigenvalue weighted by molar-refractivity contribution is 6.14. The molecule has 0 atom stereocenters. The van der Waals surface area contributed by atoms with Crippen molar-refractivity contribution in [3.05, 3.63) is 168 Å². The van der Waals surface area contributed by atoms with E-state index in [0.717, 1.165) is 61.4 Å². The summed E-state index contributed by atoms with van der Waals surface area (Å²) in [4.78, 5) is 16.7. The molecule has 1 aliphatic heterocycles. The molecule has 1 aliphatic carbocycles. The van der Waals surface area contributed by atoms with Gasteiger partial charge in [0.15, 0.2) is 0 Å². The monoisotopic (exact) mass is 594 g/mol. The summed E-state index contributed by atoms with van der Waals surface area (Å²) >= 11 is 0. The molecule has 4 heterocycles. The number of nitrogens with zero attached hydrogens (tertiary/aromatic N) is 4. The van der Waals surface area contributed by atoms with Crippen LogP contribution in [0.1, 0.15) is 41.6 Å². The zero-order chi connectivity index (χ0) is 34.3. The first-order valence-corrected chi connectivity index (χ1v) is 15.4. The van der Waals surface area contributed by atoms with Crippen LogP contribution in [0.3, 0.4) is 0 Å². The van der Waals surface area contributed by atoms with E-state index in [1.165, 1.54) is 0 Å². The van der Waals surface area contributed by atoms with Crippen molar-refractivity contribution in [1.82, 2.24) is 15.0 Å². The Balaban J connectivity index is 1.36. The molecule has 0 amide bonds. The number of rotatable bonds is 3. The third-order valence-electron chi connectivity index (χ3n) is 9.21. The maximum absolute atomic E-state index is 9.44. The van der Waals surface area contributed by atoms with Gasteiger partial charge in [-0.1, -0.05) is 111 Å². The van der Waals surface area contributed by atoms with Crippen LogP contribution >= 0.6 is 0 Å². The van der Waals surface area contributed by atoms with Gasteiger partial charge in [0.05, 0.1) is 33.6 Å². The average molecular weight is 595 g/mol. The summed E-state index contributed by atoms with van der Waals surface area (Å²) in [5, 5.41) is 0. The van der Waals surface area contributed by atoms with Crippen molar-refractivity contribution in [1.29, 1.82) is 0 Å². The number of hydrogen-bond donors (Lipinski definition) is 0. The molecule has 0 fully saturated rings. The van der Waals surface area contributed by atoms with Crippen LogP contribution in [-0.4, -0.2) is 15.0 Å². The molecule has 3 aromatic heterocycles. The third kappa shape index (κ3) is 3.97. The number of aromatic nitrogens is 3. The predicted molar refractivity (Wildman–Crippen MR) is 188 cm³/mol. The highest BCUT2D eigenvalue weighted by atomic mass is 15.2. The molecule has 0 N–H and O–H groups in total. The van der Waals surface area contributed by atoms with E-state index in [2.05, 4.69) is 26.0 Å². The normalized spacial score (nSPS) is 15.6. The molecular formula is C42H30N4. The lowest BCUT2D eigenvalue weighted by Gasteiger charge is -2.30. The summed E-state index contributed by atoms with van der Waals surface area (Å²) < 4.78 is 36.6. The Labute approximate surface area is 274 Å². The van der Waals surface area contributed by atoms with Gasteiger partial charge < -0.3 is 0 Å². The summed E-state index contributed by atoms with van der Waals surface area (Å²) in [6, 6.07) is 35.3. The Morgan fingerprint density at radius 1 is 0.609 bits per heavy atom. The van der Waals surface area contributed by atoms with Crippen molar-refractivity contribution in [3.63, 3.8) is 0 Å². The zero-order valence-electron chi connectivity index (χ0n) is 29.3. The number of hydrogen-bond acceptors (Lipinski definition) is 4. The van der Waals surface area contributed by atoms with Crippen LogP contribution in [0.25, 0.3) is 44.6 Å². The smallest absolute Gasteiger partial charge is 0.138 e. The minimum Gasteiger partial charge on any atom is -0.294 e. The SMILES string of the molecule is [2H]c1c([2H])c([2H])c2c(c1[2H])C1=C(c3ccccc3N2c2ccc3ncc(-c4ccccc4)cc3n2)c2cc(-c3ccccc3)ncc2C1(C)C. The van der Waals surface area contributed by atoms with E-state index in [-0.39, 0.29) is 24.2 Å². The lowest BCUT2D eigenvalue weighted by molar-refractivity contribution is 0.700. The Morgan fingerprint density at radius 3 is 2.17 bits per heavy atom. The van der Waals surface area contributed by atoms with E-state index >= 15 is 0 Å². The topological polar surface area (TPSA) is 41.9 Å². The number of para-hydroxylation sites is 2. The minimum absolute atomic E-state index is 0.0859. The molecule has 2 aliphatic rings. The van der Waals surface area contributed by atoms with Gasteiger partial charge in [0.2, 0.25) is 0 Å². The molecule has 0 spiro atoms. The van der Waals surface area contributed by atoms with Gasteiger partial charge in [-0.3, -0.25) is 14.9 Å². The van der Waals surface area contributed by atoms with Crippen molar-refractivity contribution in [2.75, 3.05) is 4.90 Å². The van der Waals surface area contributed by atoms with Gasteiger partial charge in [-0.25, -0.2) is 4.98 Å². The number of pyridine rings is 3. The molecule has 4 heteroatoms. The molecule has 0 unspecified atom stereocenters. The first-order valence-electron chi connectivity index (χ1n) is 17.4. The fourth-order valence-corrected chi connectivity index (χ4v) is 7.03. The fraction of sp³-hybridized carbons (Fsp3) is 0.0714. The van der Waals surface area contributed by atoms with Crippen molar-refractivity contribution < 1.29 is 5.48 Å². The van der Waals surface area contributed by atoms with E-state index in [9.17, 15) is 2.74 Å². The maximum Gasteiger partial charge on any atom is 0.138 e. The van der Waals surface area contributed by atoms with Gasteiger partial charge in [-0.2, -0.15) is 0 Å². The van der Waals surface area contributed by atoms with E-state index in [4.69, 9.17) is 17.7 Å². The molecule has 4 aromatic carbocycles. The van der Waals surface area contributed by atoms with Crippen molar-refractivity contribution in [2.24, 2.45) is 0 Å². The maximum atomic E-state index is 9.44. The fourth-order valence-electron chi connectivity index (χ4n) is 7.03. The van der Waals surface area contributed by atoms with Gasteiger partial charge >= 0.3 is 0 Å². The summed E-state index contributed by atoms with van der Waals surface area (Å²) in [5.41, 5.74) is 10.8. The second-order valence-corrected chi connectivity index (χ2v) is 12.2. The first kappa shape index (κ1) is 22.6. The van der Waals surface area contributed by atoms with Crippen LogP contribution in [0, 0.1) is 0 Å². The number of fused-ring (bicyclic) bond motifs is 7. The summed E-state index contributed by atoms with van der Waals surface area (Å²) in [7, 11) is 0. The summed E-state index contributed by atoms with van der Waals surface area (Å²) in [6.45, 7) is 4.23. The van der Waals surface area contributed by atoms with Crippen LogP contribution in [0.2, 0.25) is 0 Å². The van der Waals surface area contributed by atoms with Crippen LogP contribution in [0.15, 0.2) is 146 Å². The van der Waals surface area contributed by atoms with Crippen LogP contribution in [0.5, 0.6) is 0 Å². The average Bonchev–Trinajstić information content (AvgIpc) is 3.28. The van der Waals surface area contributed by atoms with Crippen LogP contribution in [-0.2, 0) is 5.41 Å². The second-order valence-electron chi connectivity index (χ2n) is 12.2. The van der Waals surface area contributed by atoms with Gasteiger partial charge in [0, 0.05) is 40.1 Å². The predicted octanol–water partition coefficient (Wildman–Crippen LogP) is 10.4. The molecule has 0 radical (unpaired) electrons. The van der Waals surface area contributed by atoms with E-state index in [1.807, 2.05) is 114 Å².